The van der Waals surface area contributed by atoms with Gasteiger partial charge in [0.05, 0.1) is 5.39 Å². The fourth-order valence-electron chi connectivity index (χ4n) is 3.42. The van der Waals surface area contributed by atoms with Crippen LogP contribution in [0.3, 0.4) is 0 Å². The first-order valence-electron chi connectivity index (χ1n) is 8.22. The van der Waals surface area contributed by atoms with Gasteiger partial charge in [0.25, 0.3) is 11.5 Å². The molecule has 1 fully saturated rings. The van der Waals surface area contributed by atoms with Crippen molar-refractivity contribution in [3.63, 3.8) is 0 Å². The lowest BCUT2D eigenvalue weighted by Crippen LogP contribution is -2.40. The summed E-state index contributed by atoms with van der Waals surface area (Å²) in [7, 11) is 3.44. The highest BCUT2D eigenvalue weighted by Crippen LogP contribution is 2.27. The Bertz CT molecular complexity index is 788. The smallest absolute Gasteiger partial charge is 0.274 e. The van der Waals surface area contributed by atoms with Gasteiger partial charge in [-0.1, -0.05) is 25.1 Å². The van der Waals surface area contributed by atoms with Crippen LogP contribution in [-0.4, -0.2) is 33.7 Å². The lowest BCUT2D eigenvalue weighted by atomic mass is 9.86. The number of fused-ring (bicyclic) bond motifs is 1. The van der Waals surface area contributed by atoms with Gasteiger partial charge in [0.1, 0.15) is 0 Å². The number of carbonyl (C=O) groups excluding carboxylic acids is 1. The highest BCUT2D eigenvalue weighted by Gasteiger charge is 2.27. The van der Waals surface area contributed by atoms with Gasteiger partial charge in [0.15, 0.2) is 5.69 Å². The van der Waals surface area contributed by atoms with E-state index in [0.29, 0.717) is 16.5 Å². The molecule has 1 heterocycles. The quantitative estimate of drug-likeness (QED) is 0.856. The maximum atomic E-state index is 13.0. The third-order valence-corrected chi connectivity index (χ3v) is 5.01. The van der Waals surface area contributed by atoms with Crippen LogP contribution in [0.1, 0.15) is 43.1 Å². The summed E-state index contributed by atoms with van der Waals surface area (Å²) in [6.45, 7) is 2.26. The summed E-state index contributed by atoms with van der Waals surface area (Å²) in [6.07, 6.45) is 4.38. The summed E-state index contributed by atoms with van der Waals surface area (Å²) in [5, 5.41) is 5.42. The van der Waals surface area contributed by atoms with Crippen LogP contribution >= 0.6 is 0 Å². The van der Waals surface area contributed by atoms with E-state index in [0.717, 1.165) is 31.6 Å². The molecular formula is C18H23N3O2. The van der Waals surface area contributed by atoms with E-state index in [4.69, 9.17) is 0 Å². The van der Waals surface area contributed by atoms with Gasteiger partial charge in [0.2, 0.25) is 0 Å². The van der Waals surface area contributed by atoms with Crippen LogP contribution in [0, 0.1) is 5.92 Å². The lowest BCUT2D eigenvalue weighted by Gasteiger charge is -2.33. The molecule has 1 aromatic carbocycles. The van der Waals surface area contributed by atoms with Crippen LogP contribution in [-0.2, 0) is 7.05 Å². The van der Waals surface area contributed by atoms with Gasteiger partial charge < -0.3 is 4.90 Å². The number of nitrogens with zero attached hydrogens (tertiary/aromatic N) is 3. The SMILES string of the molecule is CC1CCC(N(C)C(=O)c2nn(C)c(=O)c3ccccc23)CC1. The van der Waals surface area contributed by atoms with Gasteiger partial charge >= 0.3 is 0 Å². The van der Waals surface area contributed by atoms with E-state index in [1.807, 2.05) is 24.1 Å². The molecule has 1 aromatic heterocycles. The third kappa shape index (κ3) is 2.87. The summed E-state index contributed by atoms with van der Waals surface area (Å²) in [4.78, 5) is 26.9. The molecule has 1 saturated carbocycles. The molecule has 5 heteroatoms. The number of hydrogen-bond donors (Lipinski definition) is 0. The molecule has 122 valence electrons. The summed E-state index contributed by atoms with van der Waals surface area (Å²) in [5.41, 5.74) is 0.190. The molecule has 3 rings (SSSR count). The second kappa shape index (κ2) is 6.14. The van der Waals surface area contributed by atoms with Gasteiger partial charge in [-0.25, -0.2) is 4.68 Å². The molecule has 0 aliphatic heterocycles. The van der Waals surface area contributed by atoms with Crippen molar-refractivity contribution < 1.29 is 4.79 Å². The standard InChI is InChI=1S/C18H23N3O2/c1-12-8-10-13(11-9-12)20(2)18(23)16-14-6-4-5-7-15(14)17(22)21(3)19-16/h4-7,12-13H,8-11H2,1-3H3. The molecule has 1 amide bonds. The van der Waals surface area contributed by atoms with Crippen molar-refractivity contribution in [1.29, 1.82) is 0 Å². The fourth-order valence-corrected chi connectivity index (χ4v) is 3.42. The second-order valence-corrected chi connectivity index (χ2v) is 6.65. The normalized spacial score (nSPS) is 21.3. The van der Waals surface area contributed by atoms with E-state index in [1.165, 1.54) is 4.68 Å². The zero-order valence-electron chi connectivity index (χ0n) is 14.0. The monoisotopic (exact) mass is 313 g/mol. The van der Waals surface area contributed by atoms with Crippen LogP contribution < -0.4 is 5.56 Å². The fraction of sp³-hybridized carbons (Fsp3) is 0.500. The molecule has 0 N–H and O–H groups in total. The van der Waals surface area contributed by atoms with Crippen LogP contribution in [0.4, 0.5) is 0 Å². The van der Waals surface area contributed by atoms with Gasteiger partial charge in [-0.05, 0) is 37.7 Å². The van der Waals surface area contributed by atoms with E-state index >= 15 is 0 Å². The maximum absolute atomic E-state index is 13.0. The molecular weight excluding hydrogens is 290 g/mol. The first-order chi connectivity index (χ1) is 11.0. The lowest BCUT2D eigenvalue weighted by molar-refractivity contribution is 0.0673. The first kappa shape index (κ1) is 15.7. The van der Waals surface area contributed by atoms with E-state index in [-0.39, 0.29) is 17.5 Å². The molecule has 5 nitrogen and oxygen atoms in total. The average Bonchev–Trinajstić information content (AvgIpc) is 2.57. The van der Waals surface area contributed by atoms with Crippen LogP contribution in [0.2, 0.25) is 0 Å². The number of aryl methyl sites for hydroxylation is 1. The van der Waals surface area contributed by atoms with Crippen molar-refractivity contribution >= 4 is 16.7 Å². The van der Waals surface area contributed by atoms with Crippen molar-refractivity contribution in [3.05, 3.63) is 40.3 Å². The first-order valence-corrected chi connectivity index (χ1v) is 8.22. The molecule has 0 radical (unpaired) electrons. The Hall–Kier alpha value is -2.17. The minimum absolute atomic E-state index is 0.101. The highest BCUT2D eigenvalue weighted by molar-refractivity contribution is 6.04. The number of amides is 1. The predicted molar refractivity (Wildman–Crippen MR) is 90.5 cm³/mol. The Morgan fingerprint density at radius 1 is 1.17 bits per heavy atom. The van der Waals surface area contributed by atoms with Gasteiger partial charge in [0, 0.05) is 25.5 Å². The number of carbonyl (C=O) groups is 1. The summed E-state index contributed by atoms with van der Waals surface area (Å²) >= 11 is 0. The molecule has 0 atom stereocenters. The van der Waals surface area contributed by atoms with Gasteiger partial charge in [-0.3, -0.25) is 9.59 Å². The third-order valence-electron chi connectivity index (χ3n) is 5.01. The molecule has 0 spiro atoms. The minimum Gasteiger partial charge on any atom is -0.337 e. The zero-order chi connectivity index (χ0) is 16.6. The molecule has 2 aromatic rings. The molecule has 1 aliphatic carbocycles. The Balaban J connectivity index is 1.98. The van der Waals surface area contributed by atoms with Gasteiger partial charge in [-0.15, -0.1) is 0 Å². The Morgan fingerprint density at radius 3 is 2.43 bits per heavy atom. The van der Waals surface area contributed by atoms with E-state index in [1.54, 1.807) is 19.2 Å². The van der Waals surface area contributed by atoms with Crippen LogP contribution in [0.25, 0.3) is 10.8 Å². The Morgan fingerprint density at radius 2 is 1.78 bits per heavy atom. The van der Waals surface area contributed by atoms with Crippen molar-refractivity contribution in [2.45, 2.75) is 38.6 Å². The summed E-state index contributed by atoms with van der Waals surface area (Å²) in [6, 6.07) is 7.45. The van der Waals surface area contributed by atoms with E-state index in [9.17, 15) is 9.59 Å². The topological polar surface area (TPSA) is 55.2 Å². The van der Waals surface area contributed by atoms with Crippen molar-refractivity contribution in [1.82, 2.24) is 14.7 Å². The Labute approximate surface area is 135 Å². The number of rotatable bonds is 2. The summed E-state index contributed by atoms with van der Waals surface area (Å²) in [5.74, 6) is 0.641. The second-order valence-electron chi connectivity index (χ2n) is 6.65. The Kier molecular flexibility index (Phi) is 4.20. The van der Waals surface area contributed by atoms with E-state index in [2.05, 4.69) is 12.0 Å². The maximum Gasteiger partial charge on any atom is 0.274 e. The molecule has 23 heavy (non-hydrogen) atoms. The van der Waals surface area contributed by atoms with Crippen LogP contribution in [0.15, 0.2) is 29.1 Å². The van der Waals surface area contributed by atoms with Crippen molar-refractivity contribution in [2.75, 3.05) is 7.05 Å². The van der Waals surface area contributed by atoms with Gasteiger partial charge in [-0.2, -0.15) is 5.10 Å². The van der Waals surface area contributed by atoms with Crippen LogP contribution in [0.5, 0.6) is 0 Å². The molecule has 0 unspecified atom stereocenters. The number of hydrogen-bond acceptors (Lipinski definition) is 3. The summed E-state index contributed by atoms with van der Waals surface area (Å²) < 4.78 is 1.26. The predicted octanol–water partition coefficient (Wildman–Crippen LogP) is 2.58. The molecule has 0 bridgehead atoms. The molecule has 0 saturated heterocycles. The number of aromatic nitrogens is 2. The van der Waals surface area contributed by atoms with Crippen molar-refractivity contribution in [2.24, 2.45) is 13.0 Å². The largest absolute Gasteiger partial charge is 0.337 e. The molecule has 1 aliphatic rings. The average molecular weight is 313 g/mol. The number of benzene rings is 1. The van der Waals surface area contributed by atoms with E-state index < -0.39 is 0 Å². The zero-order valence-corrected chi connectivity index (χ0v) is 14.0. The minimum atomic E-state index is -0.175. The van der Waals surface area contributed by atoms with Crippen molar-refractivity contribution in [3.8, 4) is 0 Å². The highest BCUT2D eigenvalue weighted by atomic mass is 16.2.